The highest BCUT2D eigenvalue weighted by molar-refractivity contribution is 5.45. The zero-order valence-corrected chi connectivity index (χ0v) is 8.14. The molecule has 14 heavy (non-hydrogen) atoms. The number of rotatable bonds is 3. The minimum Gasteiger partial charge on any atom is -0.389 e. The number of aliphatic hydroxyl groups is 1. The van der Waals surface area contributed by atoms with Crippen LogP contribution in [0.15, 0.2) is 12.3 Å². The van der Waals surface area contributed by atoms with Crippen molar-refractivity contribution in [3.63, 3.8) is 0 Å². The Hall–Kier alpha value is -1.36. The Morgan fingerprint density at radius 3 is 3.07 bits per heavy atom. The number of anilines is 2. The molecule has 5 heteroatoms. The Labute approximate surface area is 82.8 Å². The fraction of sp³-hybridized carbons (Fsp3) is 0.556. The van der Waals surface area contributed by atoms with Gasteiger partial charge in [0.05, 0.1) is 6.10 Å². The summed E-state index contributed by atoms with van der Waals surface area (Å²) in [6, 6.07) is 1.85. The first-order valence-corrected chi connectivity index (χ1v) is 4.79. The summed E-state index contributed by atoms with van der Waals surface area (Å²) in [5.41, 5.74) is 0. The summed E-state index contributed by atoms with van der Waals surface area (Å²) < 4.78 is 0. The van der Waals surface area contributed by atoms with Crippen molar-refractivity contribution in [3.8, 4) is 0 Å². The topological polar surface area (TPSA) is 61.3 Å². The second kappa shape index (κ2) is 3.79. The standard InChI is InChI=1S/C9H14N4O/c1-2-10-9-11-4-3-8(12-9)13-5-7(14)6-13/h3-4,7,14H,2,5-6H2,1H3,(H,10,11,12). The lowest BCUT2D eigenvalue weighted by atomic mass is 10.2. The quantitative estimate of drug-likeness (QED) is 0.714. The van der Waals surface area contributed by atoms with E-state index in [9.17, 15) is 0 Å². The molecular formula is C9H14N4O. The third-order valence-electron chi connectivity index (χ3n) is 2.16. The maximum absolute atomic E-state index is 9.15. The van der Waals surface area contributed by atoms with Crippen LogP contribution in [0.2, 0.25) is 0 Å². The van der Waals surface area contributed by atoms with E-state index >= 15 is 0 Å². The summed E-state index contributed by atoms with van der Waals surface area (Å²) in [6.45, 7) is 4.15. The number of hydrogen-bond donors (Lipinski definition) is 2. The molecule has 1 aromatic heterocycles. The van der Waals surface area contributed by atoms with E-state index < -0.39 is 0 Å². The second-order valence-corrected chi connectivity index (χ2v) is 3.33. The van der Waals surface area contributed by atoms with Crippen molar-refractivity contribution >= 4 is 11.8 Å². The Kier molecular flexibility index (Phi) is 2.49. The molecule has 0 aromatic carbocycles. The lowest BCUT2D eigenvalue weighted by Crippen LogP contribution is -2.51. The molecule has 2 rings (SSSR count). The molecule has 1 aromatic rings. The molecule has 0 radical (unpaired) electrons. The van der Waals surface area contributed by atoms with Crippen LogP contribution in [0.5, 0.6) is 0 Å². The number of hydrogen-bond acceptors (Lipinski definition) is 5. The Balaban J connectivity index is 2.06. The SMILES string of the molecule is CCNc1nccc(N2CC(O)C2)n1. The van der Waals surface area contributed by atoms with Crippen LogP contribution in [0.4, 0.5) is 11.8 Å². The summed E-state index contributed by atoms with van der Waals surface area (Å²) in [6.07, 6.45) is 1.53. The first-order valence-electron chi connectivity index (χ1n) is 4.79. The van der Waals surface area contributed by atoms with Crippen LogP contribution in [-0.4, -0.2) is 40.8 Å². The highest BCUT2D eigenvalue weighted by Gasteiger charge is 2.25. The van der Waals surface area contributed by atoms with Gasteiger partial charge in [-0.05, 0) is 13.0 Å². The van der Waals surface area contributed by atoms with Crippen LogP contribution in [0.3, 0.4) is 0 Å². The average molecular weight is 194 g/mol. The van der Waals surface area contributed by atoms with Gasteiger partial charge in [-0.25, -0.2) is 4.98 Å². The molecule has 76 valence electrons. The van der Waals surface area contributed by atoms with Crippen LogP contribution in [0.1, 0.15) is 6.92 Å². The second-order valence-electron chi connectivity index (χ2n) is 3.33. The van der Waals surface area contributed by atoms with Crippen LogP contribution in [-0.2, 0) is 0 Å². The van der Waals surface area contributed by atoms with E-state index in [1.54, 1.807) is 6.20 Å². The minimum atomic E-state index is -0.201. The lowest BCUT2D eigenvalue weighted by molar-refractivity contribution is 0.141. The first kappa shape index (κ1) is 9.21. The maximum Gasteiger partial charge on any atom is 0.224 e. The lowest BCUT2D eigenvalue weighted by Gasteiger charge is -2.36. The zero-order chi connectivity index (χ0) is 9.97. The summed E-state index contributed by atoms with van der Waals surface area (Å²) >= 11 is 0. The molecule has 1 saturated heterocycles. The van der Waals surface area contributed by atoms with Gasteiger partial charge >= 0.3 is 0 Å². The van der Waals surface area contributed by atoms with E-state index in [0.717, 1.165) is 12.4 Å². The van der Waals surface area contributed by atoms with Crippen molar-refractivity contribution < 1.29 is 5.11 Å². The molecule has 0 aliphatic carbocycles. The minimum absolute atomic E-state index is 0.201. The number of nitrogens with zero attached hydrogens (tertiary/aromatic N) is 3. The molecule has 2 heterocycles. The summed E-state index contributed by atoms with van der Waals surface area (Å²) in [4.78, 5) is 10.4. The molecule has 5 nitrogen and oxygen atoms in total. The molecule has 0 atom stereocenters. The van der Waals surface area contributed by atoms with Crippen molar-refractivity contribution in [2.45, 2.75) is 13.0 Å². The molecule has 0 saturated carbocycles. The van der Waals surface area contributed by atoms with Crippen LogP contribution in [0, 0.1) is 0 Å². The van der Waals surface area contributed by atoms with Gasteiger partial charge in [0, 0.05) is 25.8 Å². The summed E-state index contributed by atoms with van der Waals surface area (Å²) in [7, 11) is 0. The van der Waals surface area contributed by atoms with E-state index in [4.69, 9.17) is 5.11 Å². The molecule has 0 unspecified atom stereocenters. The Morgan fingerprint density at radius 1 is 1.64 bits per heavy atom. The number of aromatic nitrogens is 2. The summed E-state index contributed by atoms with van der Waals surface area (Å²) in [5.74, 6) is 1.52. The molecule has 0 amide bonds. The summed E-state index contributed by atoms with van der Waals surface area (Å²) in [5, 5.41) is 12.2. The maximum atomic E-state index is 9.15. The van der Waals surface area contributed by atoms with Gasteiger partial charge in [0.2, 0.25) is 5.95 Å². The molecule has 1 aliphatic rings. The Morgan fingerprint density at radius 2 is 2.43 bits per heavy atom. The molecular weight excluding hydrogens is 180 g/mol. The highest BCUT2D eigenvalue weighted by Crippen LogP contribution is 2.18. The monoisotopic (exact) mass is 194 g/mol. The van der Waals surface area contributed by atoms with Crippen molar-refractivity contribution in [2.75, 3.05) is 29.9 Å². The van der Waals surface area contributed by atoms with Gasteiger partial charge in [-0.1, -0.05) is 0 Å². The van der Waals surface area contributed by atoms with Crippen LogP contribution in [0.25, 0.3) is 0 Å². The largest absolute Gasteiger partial charge is 0.389 e. The smallest absolute Gasteiger partial charge is 0.224 e. The average Bonchev–Trinajstić information content (AvgIpc) is 2.14. The van der Waals surface area contributed by atoms with Gasteiger partial charge in [-0.15, -0.1) is 0 Å². The third kappa shape index (κ3) is 1.77. The van der Waals surface area contributed by atoms with Gasteiger partial charge in [-0.2, -0.15) is 4.98 Å². The number of aliphatic hydroxyl groups excluding tert-OH is 1. The van der Waals surface area contributed by atoms with Gasteiger partial charge in [0.15, 0.2) is 0 Å². The van der Waals surface area contributed by atoms with E-state index in [2.05, 4.69) is 15.3 Å². The normalized spacial score (nSPS) is 16.6. The van der Waals surface area contributed by atoms with E-state index in [0.29, 0.717) is 19.0 Å². The predicted molar refractivity (Wildman–Crippen MR) is 54.4 cm³/mol. The molecule has 2 N–H and O–H groups in total. The predicted octanol–water partition coefficient (Wildman–Crippen LogP) is 0.0893. The molecule has 0 spiro atoms. The third-order valence-corrected chi connectivity index (χ3v) is 2.16. The highest BCUT2D eigenvalue weighted by atomic mass is 16.3. The van der Waals surface area contributed by atoms with Crippen molar-refractivity contribution in [1.29, 1.82) is 0 Å². The van der Waals surface area contributed by atoms with E-state index in [-0.39, 0.29) is 6.10 Å². The van der Waals surface area contributed by atoms with Gasteiger partial charge < -0.3 is 15.3 Å². The molecule has 0 bridgehead atoms. The van der Waals surface area contributed by atoms with Gasteiger partial charge in [0.25, 0.3) is 0 Å². The Bertz CT molecular complexity index is 311. The fourth-order valence-electron chi connectivity index (χ4n) is 1.41. The number of nitrogens with one attached hydrogen (secondary N) is 1. The van der Waals surface area contributed by atoms with Gasteiger partial charge in [0.1, 0.15) is 5.82 Å². The van der Waals surface area contributed by atoms with Crippen molar-refractivity contribution in [3.05, 3.63) is 12.3 Å². The van der Waals surface area contributed by atoms with Crippen LogP contribution >= 0.6 is 0 Å². The van der Waals surface area contributed by atoms with E-state index in [1.807, 2.05) is 17.9 Å². The first-order chi connectivity index (χ1) is 6.79. The van der Waals surface area contributed by atoms with Crippen molar-refractivity contribution in [1.82, 2.24) is 9.97 Å². The number of β-amino-alcohol motifs (C(OH)–C–C–N with tert-alkyl or cyclic N) is 1. The molecule has 1 fully saturated rings. The van der Waals surface area contributed by atoms with E-state index in [1.165, 1.54) is 0 Å². The fourth-order valence-corrected chi connectivity index (χ4v) is 1.41. The molecule has 1 aliphatic heterocycles. The zero-order valence-electron chi connectivity index (χ0n) is 8.14. The van der Waals surface area contributed by atoms with Gasteiger partial charge in [-0.3, -0.25) is 0 Å². The van der Waals surface area contributed by atoms with Crippen LogP contribution < -0.4 is 10.2 Å². The van der Waals surface area contributed by atoms with Crippen molar-refractivity contribution in [2.24, 2.45) is 0 Å².